The van der Waals surface area contributed by atoms with Crippen LogP contribution < -0.4 is 4.74 Å². The topological polar surface area (TPSA) is 26.3 Å². The Hall–Kier alpha value is -1.57. The predicted octanol–water partition coefficient (Wildman–Crippen LogP) is 4.16. The van der Waals surface area contributed by atoms with E-state index in [0.29, 0.717) is 5.56 Å². The normalized spacial score (nSPS) is 20.7. The standard InChI is InChI=1S/C16H20O2/c1-3-5-9-12-14(8-4-2)18-15-11-7-6-10-13(15)16(12)17/h6-7,9-11,14H,3-5,8H2,1-2H3/b12-9+. The van der Waals surface area contributed by atoms with Gasteiger partial charge in [0.2, 0.25) is 0 Å². The molecule has 0 aromatic heterocycles. The van der Waals surface area contributed by atoms with Gasteiger partial charge >= 0.3 is 0 Å². The number of carbonyl (C=O) groups excluding carboxylic acids is 1. The van der Waals surface area contributed by atoms with Crippen molar-refractivity contribution in [1.82, 2.24) is 0 Å². The molecule has 0 N–H and O–H groups in total. The predicted molar refractivity (Wildman–Crippen MR) is 73.1 cm³/mol. The van der Waals surface area contributed by atoms with Gasteiger partial charge in [0, 0.05) is 5.57 Å². The summed E-state index contributed by atoms with van der Waals surface area (Å²) in [6.07, 6.45) is 5.89. The van der Waals surface area contributed by atoms with Crippen LogP contribution in [0.1, 0.15) is 49.9 Å². The molecular formula is C16H20O2. The van der Waals surface area contributed by atoms with E-state index >= 15 is 0 Å². The van der Waals surface area contributed by atoms with Gasteiger partial charge in [0.05, 0.1) is 5.56 Å². The molecule has 96 valence electrons. The molecule has 1 atom stereocenters. The lowest BCUT2D eigenvalue weighted by Gasteiger charge is -2.27. The Kier molecular flexibility index (Phi) is 4.19. The number of hydrogen-bond donors (Lipinski definition) is 0. The SMILES string of the molecule is CCC/C=C1/C(=O)c2ccccc2OC1CCC. The molecule has 0 saturated heterocycles. The number of benzene rings is 1. The summed E-state index contributed by atoms with van der Waals surface area (Å²) in [5.74, 6) is 0.873. The minimum Gasteiger partial charge on any atom is -0.485 e. The maximum absolute atomic E-state index is 12.5. The van der Waals surface area contributed by atoms with Crippen LogP contribution in [0, 0.1) is 0 Å². The molecule has 1 aromatic rings. The molecule has 0 fully saturated rings. The Bertz CT molecular complexity index is 460. The van der Waals surface area contributed by atoms with Crippen molar-refractivity contribution in [1.29, 1.82) is 0 Å². The molecule has 1 unspecified atom stereocenters. The first-order valence-electron chi connectivity index (χ1n) is 6.78. The van der Waals surface area contributed by atoms with E-state index < -0.39 is 0 Å². The Morgan fingerprint density at radius 2 is 2.00 bits per heavy atom. The van der Waals surface area contributed by atoms with Gasteiger partial charge < -0.3 is 4.74 Å². The van der Waals surface area contributed by atoms with Gasteiger partial charge in [-0.15, -0.1) is 0 Å². The number of Topliss-reactive ketones (excluding diaryl/α,β-unsaturated/α-hetero) is 1. The fourth-order valence-corrected chi connectivity index (χ4v) is 2.28. The quantitative estimate of drug-likeness (QED) is 0.743. The van der Waals surface area contributed by atoms with Crippen LogP contribution in [0.3, 0.4) is 0 Å². The van der Waals surface area contributed by atoms with Crippen molar-refractivity contribution in [3.63, 3.8) is 0 Å². The molecule has 0 amide bonds. The Morgan fingerprint density at radius 1 is 1.22 bits per heavy atom. The molecule has 0 spiro atoms. The summed E-state index contributed by atoms with van der Waals surface area (Å²) >= 11 is 0. The molecule has 1 aromatic carbocycles. The average Bonchev–Trinajstić information content (AvgIpc) is 2.39. The molecular weight excluding hydrogens is 224 g/mol. The first-order chi connectivity index (χ1) is 8.77. The maximum atomic E-state index is 12.5. The number of allylic oxidation sites excluding steroid dienone is 1. The zero-order valence-corrected chi connectivity index (χ0v) is 11.1. The first-order valence-corrected chi connectivity index (χ1v) is 6.78. The number of unbranched alkanes of at least 4 members (excludes halogenated alkanes) is 1. The van der Waals surface area contributed by atoms with Crippen LogP contribution in [-0.2, 0) is 0 Å². The van der Waals surface area contributed by atoms with E-state index in [1.807, 2.05) is 24.3 Å². The highest BCUT2D eigenvalue weighted by atomic mass is 16.5. The summed E-state index contributed by atoms with van der Waals surface area (Å²) < 4.78 is 5.96. The molecule has 2 nitrogen and oxygen atoms in total. The summed E-state index contributed by atoms with van der Waals surface area (Å²) in [6, 6.07) is 7.53. The maximum Gasteiger partial charge on any atom is 0.196 e. The van der Waals surface area contributed by atoms with Gasteiger partial charge in [0.25, 0.3) is 0 Å². The van der Waals surface area contributed by atoms with E-state index in [-0.39, 0.29) is 11.9 Å². The van der Waals surface area contributed by atoms with E-state index in [1.54, 1.807) is 0 Å². The summed E-state index contributed by atoms with van der Waals surface area (Å²) in [5.41, 5.74) is 1.55. The lowest BCUT2D eigenvalue weighted by Crippen LogP contribution is -2.30. The molecule has 1 aliphatic heterocycles. The van der Waals surface area contributed by atoms with Crippen molar-refractivity contribution in [3.8, 4) is 5.75 Å². The lowest BCUT2D eigenvalue weighted by molar-refractivity contribution is 0.0954. The second kappa shape index (κ2) is 5.85. The van der Waals surface area contributed by atoms with Crippen LogP contribution in [0.2, 0.25) is 0 Å². The Morgan fingerprint density at radius 3 is 2.72 bits per heavy atom. The highest BCUT2D eigenvalue weighted by Gasteiger charge is 2.30. The molecule has 2 heteroatoms. The molecule has 1 aliphatic rings. The molecule has 1 heterocycles. The number of rotatable bonds is 4. The highest BCUT2D eigenvalue weighted by Crippen LogP contribution is 2.32. The van der Waals surface area contributed by atoms with Crippen LogP contribution >= 0.6 is 0 Å². The average molecular weight is 244 g/mol. The Labute approximate surface area is 109 Å². The molecule has 0 bridgehead atoms. The smallest absolute Gasteiger partial charge is 0.196 e. The molecule has 18 heavy (non-hydrogen) atoms. The van der Waals surface area contributed by atoms with Gasteiger partial charge in [-0.25, -0.2) is 0 Å². The number of carbonyl (C=O) groups is 1. The van der Waals surface area contributed by atoms with Crippen molar-refractivity contribution in [2.24, 2.45) is 0 Å². The third-order valence-corrected chi connectivity index (χ3v) is 3.21. The first kappa shape index (κ1) is 12.9. The van der Waals surface area contributed by atoms with E-state index in [0.717, 1.165) is 37.0 Å². The van der Waals surface area contributed by atoms with Crippen LogP contribution in [0.4, 0.5) is 0 Å². The summed E-state index contributed by atoms with van der Waals surface area (Å²) in [4.78, 5) is 12.5. The fourth-order valence-electron chi connectivity index (χ4n) is 2.28. The molecule has 0 aliphatic carbocycles. The summed E-state index contributed by atoms with van der Waals surface area (Å²) in [6.45, 7) is 4.24. The van der Waals surface area contributed by atoms with E-state index in [2.05, 4.69) is 19.9 Å². The van der Waals surface area contributed by atoms with Gasteiger partial charge in [-0.2, -0.15) is 0 Å². The second-order valence-corrected chi connectivity index (χ2v) is 4.67. The number of hydrogen-bond acceptors (Lipinski definition) is 2. The highest BCUT2D eigenvalue weighted by molar-refractivity contribution is 6.12. The fraction of sp³-hybridized carbons (Fsp3) is 0.438. The molecule has 2 rings (SSSR count). The second-order valence-electron chi connectivity index (χ2n) is 4.67. The zero-order valence-electron chi connectivity index (χ0n) is 11.1. The summed E-state index contributed by atoms with van der Waals surface area (Å²) in [5, 5.41) is 0. The van der Waals surface area contributed by atoms with E-state index in [9.17, 15) is 4.79 Å². The monoisotopic (exact) mass is 244 g/mol. The minimum absolute atomic E-state index is 0.0658. The molecule has 0 saturated carbocycles. The van der Waals surface area contributed by atoms with Gasteiger partial charge in [-0.3, -0.25) is 4.79 Å². The van der Waals surface area contributed by atoms with Gasteiger partial charge in [-0.05, 0) is 25.0 Å². The van der Waals surface area contributed by atoms with Gasteiger partial charge in [0.1, 0.15) is 11.9 Å². The van der Waals surface area contributed by atoms with Gasteiger partial charge in [0.15, 0.2) is 5.78 Å². The minimum atomic E-state index is -0.0658. The lowest BCUT2D eigenvalue weighted by atomic mass is 9.92. The van der Waals surface area contributed by atoms with E-state index in [4.69, 9.17) is 4.74 Å². The van der Waals surface area contributed by atoms with Crippen molar-refractivity contribution in [2.45, 2.75) is 45.6 Å². The van der Waals surface area contributed by atoms with Gasteiger partial charge in [-0.1, -0.05) is 44.9 Å². The molecule has 0 radical (unpaired) electrons. The Balaban J connectivity index is 2.36. The third kappa shape index (κ3) is 2.47. The van der Waals surface area contributed by atoms with Crippen molar-refractivity contribution >= 4 is 5.78 Å². The van der Waals surface area contributed by atoms with Crippen molar-refractivity contribution < 1.29 is 9.53 Å². The third-order valence-electron chi connectivity index (χ3n) is 3.21. The van der Waals surface area contributed by atoms with Crippen molar-refractivity contribution in [2.75, 3.05) is 0 Å². The number of ketones is 1. The van der Waals surface area contributed by atoms with E-state index in [1.165, 1.54) is 0 Å². The number of ether oxygens (including phenoxy) is 1. The van der Waals surface area contributed by atoms with Crippen LogP contribution in [0.25, 0.3) is 0 Å². The summed E-state index contributed by atoms with van der Waals surface area (Å²) in [7, 11) is 0. The zero-order chi connectivity index (χ0) is 13.0. The van der Waals surface area contributed by atoms with Crippen LogP contribution in [0.5, 0.6) is 5.75 Å². The van der Waals surface area contributed by atoms with Crippen molar-refractivity contribution in [3.05, 3.63) is 41.5 Å². The van der Waals surface area contributed by atoms with Crippen LogP contribution in [0.15, 0.2) is 35.9 Å². The largest absolute Gasteiger partial charge is 0.485 e. The number of fused-ring (bicyclic) bond motifs is 1. The van der Waals surface area contributed by atoms with Crippen LogP contribution in [-0.4, -0.2) is 11.9 Å². The number of para-hydroxylation sites is 1.